The maximum atomic E-state index is 14.3. The molecular weight excluding hydrogens is 589 g/mol. The summed E-state index contributed by atoms with van der Waals surface area (Å²) in [5.41, 5.74) is 7.70. The number of hydrogen-bond donors (Lipinski definition) is 3. The van der Waals surface area contributed by atoms with Crippen molar-refractivity contribution in [3.8, 4) is 17.0 Å². The van der Waals surface area contributed by atoms with Gasteiger partial charge >= 0.3 is 12.1 Å². The topological polar surface area (TPSA) is 134 Å². The summed E-state index contributed by atoms with van der Waals surface area (Å²) in [6.07, 6.45) is -3.09. The van der Waals surface area contributed by atoms with E-state index in [2.05, 4.69) is 15.3 Å². The lowest BCUT2D eigenvalue weighted by atomic mass is 9.76. The van der Waals surface area contributed by atoms with E-state index in [1.54, 1.807) is 36.4 Å². The first-order valence-corrected chi connectivity index (χ1v) is 15.1. The van der Waals surface area contributed by atoms with Crippen LogP contribution in [0, 0.1) is 5.41 Å². The minimum atomic E-state index is -4.74. The summed E-state index contributed by atoms with van der Waals surface area (Å²) in [6.45, 7) is 3.19. The third-order valence-corrected chi connectivity index (χ3v) is 9.12. The molecule has 6 rings (SSSR count). The number of carbonyl (C=O) groups is 2. The minimum absolute atomic E-state index is 0.0164. The molecule has 0 unspecified atom stereocenters. The predicted octanol–water partition coefficient (Wildman–Crippen LogP) is 4.68. The molecule has 2 atom stereocenters. The fraction of sp³-hybridized carbons (Fsp3) is 0.438. The Morgan fingerprint density at radius 2 is 1.60 bits per heavy atom. The lowest BCUT2D eigenvalue weighted by Gasteiger charge is -2.39. The van der Waals surface area contributed by atoms with Gasteiger partial charge in [-0.15, -0.1) is 0 Å². The maximum Gasteiger partial charge on any atom is 0.429 e. The van der Waals surface area contributed by atoms with Crippen LogP contribution < -0.4 is 20.7 Å². The van der Waals surface area contributed by atoms with E-state index in [9.17, 15) is 27.9 Å². The van der Waals surface area contributed by atoms with Crippen LogP contribution in [0.4, 0.5) is 24.9 Å². The van der Waals surface area contributed by atoms with Gasteiger partial charge in [-0.2, -0.15) is 23.1 Å². The lowest BCUT2D eigenvalue weighted by molar-refractivity contribution is -0.198. The Bertz CT molecular complexity index is 1540. The second-order valence-electron chi connectivity index (χ2n) is 12.1. The first kappa shape index (κ1) is 30.6. The number of hydrogen-bond acceptors (Lipinski definition) is 8. The number of nitrogen functional groups attached to an aromatic ring is 1. The number of benzene rings is 2. The zero-order chi connectivity index (χ0) is 31.8. The van der Waals surface area contributed by atoms with Gasteiger partial charge in [0, 0.05) is 49.9 Å². The molecule has 2 aromatic carbocycles. The number of aliphatic carboxylic acids is 1. The van der Waals surface area contributed by atoms with Crippen LogP contribution in [0.2, 0.25) is 0 Å². The van der Waals surface area contributed by atoms with E-state index in [0.717, 1.165) is 31.5 Å². The van der Waals surface area contributed by atoms with E-state index in [-0.39, 0.29) is 28.7 Å². The molecule has 13 heteroatoms. The first-order valence-electron chi connectivity index (χ1n) is 15.1. The Morgan fingerprint density at radius 1 is 0.978 bits per heavy atom. The van der Waals surface area contributed by atoms with Crippen molar-refractivity contribution < 1.29 is 32.6 Å². The number of carboxylic acid groups (broad SMARTS) is 1. The zero-order valence-electron chi connectivity index (χ0n) is 24.6. The number of alkyl halides is 3. The number of rotatable bonds is 7. The molecule has 0 bridgehead atoms. The Kier molecular flexibility index (Phi) is 8.29. The number of halogens is 3. The molecule has 3 aliphatic heterocycles. The Balaban J connectivity index is 1.15. The molecule has 0 radical (unpaired) electrons. The number of likely N-dealkylation sites (tertiary alicyclic amines) is 1. The van der Waals surface area contributed by atoms with Crippen molar-refractivity contribution in [2.45, 2.75) is 50.4 Å². The summed E-state index contributed by atoms with van der Waals surface area (Å²) < 4.78 is 48.3. The fourth-order valence-electron chi connectivity index (χ4n) is 6.54. The minimum Gasteiger partial charge on any atom is -0.480 e. The quantitative estimate of drug-likeness (QED) is 0.343. The van der Waals surface area contributed by atoms with E-state index in [1.165, 1.54) is 18.2 Å². The molecule has 1 spiro atoms. The van der Waals surface area contributed by atoms with Crippen LogP contribution in [0.15, 0.2) is 54.6 Å². The van der Waals surface area contributed by atoms with Gasteiger partial charge in [0.25, 0.3) is 5.91 Å². The van der Waals surface area contributed by atoms with Crippen molar-refractivity contribution in [1.82, 2.24) is 20.2 Å². The van der Waals surface area contributed by atoms with Crippen LogP contribution in [0.3, 0.4) is 0 Å². The van der Waals surface area contributed by atoms with Crippen molar-refractivity contribution in [1.29, 1.82) is 0 Å². The van der Waals surface area contributed by atoms with Gasteiger partial charge in [0.2, 0.25) is 17.9 Å². The number of nitrogens with one attached hydrogen (secondary N) is 1. The molecule has 0 saturated carbocycles. The molecule has 45 heavy (non-hydrogen) atoms. The second-order valence-corrected chi connectivity index (χ2v) is 12.1. The highest BCUT2D eigenvalue weighted by Gasteiger charge is 2.45. The molecule has 1 aromatic heterocycles. The number of nitrogens with two attached hydrogens (primary N) is 1. The molecule has 4 heterocycles. The Hall–Kier alpha value is -4.39. The smallest absolute Gasteiger partial charge is 0.429 e. The summed E-state index contributed by atoms with van der Waals surface area (Å²) in [4.78, 5) is 35.9. The van der Waals surface area contributed by atoms with Gasteiger partial charge in [0.15, 0.2) is 0 Å². The van der Waals surface area contributed by atoms with Gasteiger partial charge in [-0.3, -0.25) is 9.59 Å². The molecule has 1 amide bonds. The maximum absolute atomic E-state index is 14.3. The standard InChI is InChI=1S/C32H35F3N6O4/c33-32(34,35)27(22-7-3-20(4-8-22)21-5-9-23(10-6-21)28(42)41-13-1-2-14-41)45-26-17-25(38-30(36)39-26)40-15-11-31(12-16-40)18-24(29(43)44)37-19-31/h3-10,17,24,27,37H,1-2,11-16,18-19H2,(H,43,44)(H2,36,38,39)/t24-,27+/m0/s1. The third kappa shape index (κ3) is 6.68. The van der Waals surface area contributed by atoms with E-state index >= 15 is 0 Å². The molecule has 3 saturated heterocycles. The summed E-state index contributed by atoms with van der Waals surface area (Å²) in [6, 6.07) is 13.8. The molecule has 4 N–H and O–H groups in total. The summed E-state index contributed by atoms with van der Waals surface area (Å²) >= 11 is 0. The van der Waals surface area contributed by atoms with E-state index < -0.39 is 24.3 Å². The van der Waals surface area contributed by atoms with Crippen LogP contribution >= 0.6 is 0 Å². The average molecular weight is 625 g/mol. The van der Waals surface area contributed by atoms with Crippen LogP contribution in [0.1, 0.15) is 54.1 Å². The average Bonchev–Trinajstić information content (AvgIpc) is 3.71. The number of carboxylic acids is 1. The highest BCUT2D eigenvalue weighted by atomic mass is 19.4. The van der Waals surface area contributed by atoms with Crippen LogP contribution in [-0.2, 0) is 4.79 Å². The Morgan fingerprint density at radius 3 is 2.18 bits per heavy atom. The van der Waals surface area contributed by atoms with Gasteiger partial charge in [-0.1, -0.05) is 36.4 Å². The molecule has 10 nitrogen and oxygen atoms in total. The fourth-order valence-corrected chi connectivity index (χ4v) is 6.54. The van der Waals surface area contributed by atoms with E-state index in [4.69, 9.17) is 10.5 Å². The normalized spacial score (nSPS) is 20.4. The largest absolute Gasteiger partial charge is 0.480 e. The molecule has 0 aliphatic carbocycles. The predicted molar refractivity (Wildman–Crippen MR) is 161 cm³/mol. The van der Waals surface area contributed by atoms with Gasteiger partial charge in [-0.05, 0) is 60.8 Å². The van der Waals surface area contributed by atoms with Crippen molar-refractivity contribution in [3.63, 3.8) is 0 Å². The van der Waals surface area contributed by atoms with Crippen LogP contribution in [0.25, 0.3) is 11.1 Å². The number of aromatic nitrogens is 2. The number of carbonyl (C=O) groups excluding carboxylic acids is 1. The van der Waals surface area contributed by atoms with Gasteiger partial charge in [0.1, 0.15) is 11.9 Å². The van der Waals surface area contributed by atoms with Crippen molar-refractivity contribution in [3.05, 3.63) is 65.7 Å². The molecule has 238 valence electrons. The van der Waals surface area contributed by atoms with Crippen molar-refractivity contribution in [2.24, 2.45) is 5.41 Å². The third-order valence-electron chi connectivity index (χ3n) is 9.12. The highest BCUT2D eigenvalue weighted by molar-refractivity contribution is 5.94. The summed E-state index contributed by atoms with van der Waals surface area (Å²) in [5.74, 6) is -1.03. The second kappa shape index (κ2) is 12.2. The monoisotopic (exact) mass is 624 g/mol. The number of ether oxygens (including phenoxy) is 1. The van der Waals surface area contributed by atoms with Crippen LogP contribution in [0.5, 0.6) is 5.88 Å². The first-order chi connectivity index (χ1) is 21.5. The van der Waals surface area contributed by atoms with E-state index in [1.807, 2.05) is 9.80 Å². The number of amides is 1. The number of anilines is 2. The van der Waals surface area contributed by atoms with Crippen LogP contribution in [-0.4, -0.2) is 76.8 Å². The Labute approximate surface area is 258 Å². The summed E-state index contributed by atoms with van der Waals surface area (Å²) in [7, 11) is 0. The summed E-state index contributed by atoms with van der Waals surface area (Å²) in [5, 5.41) is 12.4. The van der Waals surface area contributed by atoms with Crippen molar-refractivity contribution in [2.75, 3.05) is 43.4 Å². The molecular formula is C32H35F3N6O4. The molecule has 3 aromatic rings. The highest BCUT2D eigenvalue weighted by Crippen LogP contribution is 2.41. The number of piperidine rings is 1. The van der Waals surface area contributed by atoms with Crippen molar-refractivity contribution >= 4 is 23.6 Å². The zero-order valence-corrected chi connectivity index (χ0v) is 24.6. The lowest BCUT2D eigenvalue weighted by Crippen LogP contribution is -2.41. The molecule has 3 aliphatic rings. The SMILES string of the molecule is Nc1nc(O[C@H](c2ccc(-c3ccc(C(=O)N4CCCC4)cc3)cc2)C(F)(F)F)cc(N2CCC3(CC2)CN[C@H](C(=O)O)C3)n1. The number of nitrogens with zero attached hydrogens (tertiary/aromatic N) is 4. The van der Waals surface area contributed by atoms with Gasteiger partial charge in [-0.25, -0.2) is 0 Å². The van der Waals surface area contributed by atoms with Gasteiger partial charge < -0.3 is 30.7 Å². The van der Waals surface area contributed by atoms with E-state index in [0.29, 0.717) is 55.8 Å². The van der Waals surface area contributed by atoms with Gasteiger partial charge in [0.05, 0.1) is 0 Å². The molecule has 3 fully saturated rings.